The number of aromatic hydroxyl groups is 1. The smallest absolute Gasteiger partial charge is 0.155 e. The summed E-state index contributed by atoms with van der Waals surface area (Å²) >= 11 is 0. The van der Waals surface area contributed by atoms with Crippen molar-refractivity contribution in [3.8, 4) is 16.9 Å². The molecule has 0 saturated heterocycles. The van der Waals surface area contributed by atoms with Gasteiger partial charge in [-0.05, 0) is 121 Å². The second-order valence-electron chi connectivity index (χ2n) is 19.4. The number of benzene rings is 8. The number of anilines is 5. The van der Waals surface area contributed by atoms with E-state index < -0.39 is 0 Å². The van der Waals surface area contributed by atoms with Crippen molar-refractivity contribution in [1.29, 1.82) is 0 Å². The minimum absolute atomic E-state index is 0.265. The van der Waals surface area contributed by atoms with E-state index in [1.54, 1.807) is 0 Å². The van der Waals surface area contributed by atoms with Gasteiger partial charge in [0.15, 0.2) is 5.76 Å². The van der Waals surface area contributed by atoms with Crippen molar-refractivity contribution in [2.24, 2.45) is 0 Å². The van der Waals surface area contributed by atoms with Crippen molar-refractivity contribution in [1.82, 2.24) is 0 Å². The van der Waals surface area contributed by atoms with Crippen LogP contribution in [0.1, 0.15) is 106 Å². The molecule has 2 aliphatic carbocycles. The highest BCUT2D eigenvalue weighted by Crippen LogP contribution is 2.49. The number of hydrogen-bond acceptors (Lipinski definition) is 5. The van der Waals surface area contributed by atoms with Crippen LogP contribution in [0.4, 0.5) is 28.4 Å². The van der Waals surface area contributed by atoms with Crippen LogP contribution in [0, 0.1) is 0 Å². The Morgan fingerprint density at radius 1 is 0.609 bits per heavy atom. The Morgan fingerprint density at radius 2 is 1.30 bits per heavy atom. The van der Waals surface area contributed by atoms with E-state index in [1.165, 1.54) is 48.6 Å². The van der Waals surface area contributed by atoms with E-state index in [1.807, 2.05) is 6.07 Å². The Bertz CT molecular complexity index is 3520. The van der Waals surface area contributed by atoms with Crippen LogP contribution in [0.2, 0.25) is 0 Å². The van der Waals surface area contributed by atoms with E-state index in [9.17, 15) is 5.11 Å². The zero-order valence-electron chi connectivity index (χ0n) is 39.6. The molecule has 1 fully saturated rings. The zero-order chi connectivity index (χ0) is 46.4. The van der Waals surface area contributed by atoms with E-state index in [0.717, 1.165) is 127 Å². The number of phenols is 1. The topological polar surface area (TPSA) is 53.0 Å². The van der Waals surface area contributed by atoms with E-state index >= 15 is 0 Å². The van der Waals surface area contributed by atoms with Gasteiger partial charge in [-0.3, -0.25) is 0 Å². The van der Waals surface area contributed by atoms with E-state index in [-0.39, 0.29) is 5.92 Å². The Labute approximate surface area is 404 Å². The lowest BCUT2D eigenvalue weighted by atomic mass is 9.83. The van der Waals surface area contributed by atoms with Crippen molar-refractivity contribution in [3.63, 3.8) is 0 Å². The largest absolute Gasteiger partial charge is 0.507 e. The number of fused-ring (bicyclic) bond motifs is 8. The van der Waals surface area contributed by atoms with Crippen LogP contribution < -0.4 is 9.80 Å². The first-order valence-electron chi connectivity index (χ1n) is 25.3. The van der Waals surface area contributed by atoms with Gasteiger partial charge in [-0.15, -0.1) is 0 Å². The second kappa shape index (κ2) is 18.2. The van der Waals surface area contributed by atoms with E-state index in [0.29, 0.717) is 11.7 Å². The summed E-state index contributed by atoms with van der Waals surface area (Å²) in [5.74, 6) is 2.16. The number of allylic oxidation sites excluding steroid dienone is 1. The maximum atomic E-state index is 11.8. The molecule has 0 radical (unpaired) electrons. The van der Waals surface area contributed by atoms with Crippen LogP contribution in [0.25, 0.3) is 60.5 Å². The summed E-state index contributed by atoms with van der Waals surface area (Å²) in [6.07, 6.45) is 13.9. The molecule has 2 aromatic heterocycles. The van der Waals surface area contributed by atoms with Crippen LogP contribution >= 0.6 is 0 Å². The summed E-state index contributed by atoms with van der Waals surface area (Å²) < 4.78 is 14.1. The number of rotatable bonds is 12. The fourth-order valence-electron chi connectivity index (χ4n) is 11.6. The van der Waals surface area contributed by atoms with Gasteiger partial charge in [0.2, 0.25) is 0 Å². The molecule has 2 aliphatic rings. The quantitative estimate of drug-likeness (QED) is 0.132. The van der Waals surface area contributed by atoms with Crippen molar-refractivity contribution in [2.45, 2.75) is 89.9 Å². The van der Waals surface area contributed by atoms with Gasteiger partial charge in [0.25, 0.3) is 0 Å². The third kappa shape index (κ3) is 7.65. The van der Waals surface area contributed by atoms with Gasteiger partial charge in [-0.1, -0.05) is 161 Å². The highest BCUT2D eigenvalue weighted by molar-refractivity contribution is 6.23. The highest BCUT2D eigenvalue weighted by atomic mass is 16.3. The standard InChI is InChI=1S/C64H58N2O3/c1-3-4-20-42(2)49-31-17-32-50(62(49)67)44-23-16-28-47(39-44)66(46-26-12-7-13-27-46)58-41-60-61(53-30-15-14-29-52(53)58)56-40-48(37-38-59(56)68-60)65(45-24-10-6-11-25-45)57-36-19-35-55-54-34-18-33-51(63(54)69-64(55)57)43-21-8-5-9-22-43/h6-7,10-18,23-34,36-43,67H,3-5,8-9,19-22,35H2,1-2H3. The first-order valence-corrected chi connectivity index (χ1v) is 25.3. The molecule has 5 nitrogen and oxygen atoms in total. The molecule has 0 aliphatic heterocycles. The molecule has 1 atom stereocenters. The number of hydrogen-bond donors (Lipinski definition) is 1. The van der Waals surface area contributed by atoms with E-state index in [2.05, 4.69) is 194 Å². The lowest BCUT2D eigenvalue weighted by Gasteiger charge is -2.29. The predicted octanol–water partition coefficient (Wildman–Crippen LogP) is 18.8. The third-order valence-corrected chi connectivity index (χ3v) is 15.1. The van der Waals surface area contributed by atoms with Crippen LogP contribution in [0.15, 0.2) is 185 Å². The summed E-state index contributed by atoms with van der Waals surface area (Å²) in [4.78, 5) is 4.71. The molecule has 1 saturated carbocycles. The molecule has 1 N–H and O–H groups in total. The molecule has 12 rings (SSSR count). The normalized spacial score (nSPS) is 14.6. The minimum atomic E-state index is 0.265. The van der Waals surface area contributed by atoms with Crippen LogP contribution in [-0.4, -0.2) is 5.11 Å². The molecule has 2 heterocycles. The molecular weight excluding hydrogens is 845 g/mol. The van der Waals surface area contributed by atoms with Crippen LogP contribution in [0.5, 0.6) is 5.75 Å². The minimum Gasteiger partial charge on any atom is -0.507 e. The Kier molecular flexibility index (Phi) is 11.3. The lowest BCUT2D eigenvalue weighted by molar-refractivity contribution is 0.441. The molecule has 1 unspecified atom stereocenters. The lowest BCUT2D eigenvalue weighted by Crippen LogP contribution is -2.17. The van der Waals surface area contributed by atoms with Gasteiger partial charge >= 0.3 is 0 Å². The predicted molar refractivity (Wildman–Crippen MR) is 288 cm³/mol. The summed E-state index contributed by atoms with van der Waals surface area (Å²) in [5, 5.41) is 17.4. The molecule has 10 aromatic rings. The molecule has 8 aromatic carbocycles. The molecule has 69 heavy (non-hydrogen) atoms. The van der Waals surface area contributed by atoms with E-state index in [4.69, 9.17) is 8.83 Å². The fraction of sp³-hybridized carbons (Fsp3) is 0.219. The number of nitrogens with zero attached hydrogens (tertiary/aromatic N) is 2. The van der Waals surface area contributed by atoms with Gasteiger partial charge in [0, 0.05) is 61.5 Å². The van der Waals surface area contributed by atoms with Crippen molar-refractivity contribution < 1.29 is 13.9 Å². The van der Waals surface area contributed by atoms with Gasteiger partial charge in [-0.2, -0.15) is 0 Å². The number of phenolic OH excluding ortho intramolecular Hbond substituents is 1. The highest BCUT2D eigenvalue weighted by Gasteiger charge is 2.30. The maximum Gasteiger partial charge on any atom is 0.155 e. The van der Waals surface area contributed by atoms with Crippen molar-refractivity contribution >= 4 is 77.8 Å². The summed E-state index contributed by atoms with van der Waals surface area (Å²) in [6, 6.07) is 60.5. The molecule has 342 valence electrons. The van der Waals surface area contributed by atoms with Crippen molar-refractivity contribution in [2.75, 3.05) is 9.80 Å². The van der Waals surface area contributed by atoms with Crippen LogP contribution in [0.3, 0.4) is 0 Å². The molecule has 0 amide bonds. The number of furan rings is 2. The molecule has 0 bridgehead atoms. The number of aryl methyl sites for hydroxylation is 1. The molecular formula is C64H58N2O3. The molecule has 5 heteroatoms. The number of unbranched alkanes of at least 4 members (excludes halogenated alkanes) is 1. The Balaban J connectivity index is 0.997. The molecule has 0 spiro atoms. The summed E-state index contributed by atoms with van der Waals surface area (Å²) in [7, 11) is 0. The summed E-state index contributed by atoms with van der Waals surface area (Å²) in [6.45, 7) is 4.44. The van der Waals surface area contributed by atoms with Gasteiger partial charge < -0.3 is 23.7 Å². The maximum absolute atomic E-state index is 11.8. The zero-order valence-corrected chi connectivity index (χ0v) is 39.6. The second-order valence-corrected chi connectivity index (χ2v) is 19.4. The number of para-hydroxylation sites is 4. The first-order chi connectivity index (χ1) is 34.0. The van der Waals surface area contributed by atoms with Crippen molar-refractivity contribution in [3.05, 3.63) is 198 Å². The monoisotopic (exact) mass is 902 g/mol. The SMILES string of the molecule is CCCCC(C)c1cccc(-c2cccc(N(c3ccccc3)c3cc4oc5ccc(N(C6=CCCc7c6oc6c(C8CCCCC8)cccc76)c6ccccc6)cc5c4c4ccccc34)c2)c1O. The van der Waals surface area contributed by atoms with Gasteiger partial charge in [-0.25, -0.2) is 0 Å². The first kappa shape index (κ1) is 42.8. The van der Waals surface area contributed by atoms with Gasteiger partial charge in [0.05, 0.1) is 11.4 Å². The Morgan fingerprint density at radius 3 is 2.10 bits per heavy atom. The van der Waals surface area contributed by atoms with Crippen LogP contribution in [-0.2, 0) is 6.42 Å². The average Bonchev–Trinajstić information content (AvgIpc) is 3.98. The third-order valence-electron chi connectivity index (χ3n) is 15.1. The fourth-order valence-corrected chi connectivity index (χ4v) is 11.6. The summed E-state index contributed by atoms with van der Waals surface area (Å²) in [5.41, 5.74) is 14.4. The Hall–Kier alpha value is -7.50. The van der Waals surface area contributed by atoms with Gasteiger partial charge in [0.1, 0.15) is 22.5 Å². The average molecular weight is 903 g/mol.